The van der Waals surface area contributed by atoms with Crippen molar-refractivity contribution in [1.82, 2.24) is 24.5 Å². The Morgan fingerprint density at radius 2 is 2.04 bits per heavy atom. The van der Waals surface area contributed by atoms with Crippen molar-refractivity contribution in [3.05, 3.63) is 58.4 Å². The van der Waals surface area contributed by atoms with Crippen LogP contribution in [0.1, 0.15) is 21.7 Å². The molecule has 2 heterocycles. The van der Waals surface area contributed by atoms with Gasteiger partial charge in [-0.15, -0.1) is 5.10 Å². The lowest BCUT2D eigenvalue weighted by molar-refractivity contribution is -0.143. The number of anilines is 1. The maximum atomic E-state index is 13.8. The molecule has 1 amide bonds. The maximum absolute atomic E-state index is 13.8. The van der Waals surface area contributed by atoms with Gasteiger partial charge < -0.3 is 0 Å². The molecule has 0 aliphatic rings. The molecule has 0 spiro atoms. The first-order chi connectivity index (χ1) is 12.6. The molecule has 0 saturated heterocycles. The Bertz CT molecular complexity index is 976. The number of nitrogens with zero attached hydrogens (tertiary/aromatic N) is 5. The van der Waals surface area contributed by atoms with Crippen LogP contribution in [0.4, 0.5) is 23.5 Å². The van der Waals surface area contributed by atoms with E-state index in [9.17, 15) is 22.4 Å². The van der Waals surface area contributed by atoms with Gasteiger partial charge in [0.1, 0.15) is 17.8 Å². The fourth-order valence-corrected chi connectivity index (χ4v) is 2.51. The molecule has 2 aromatic heterocycles. The van der Waals surface area contributed by atoms with Gasteiger partial charge in [-0.25, -0.2) is 14.1 Å². The Morgan fingerprint density at radius 1 is 1.30 bits per heavy atom. The normalized spacial score (nSPS) is 11.6. The molecule has 0 bridgehead atoms. The van der Waals surface area contributed by atoms with Gasteiger partial charge in [0.2, 0.25) is 5.95 Å². The van der Waals surface area contributed by atoms with Crippen molar-refractivity contribution in [2.75, 3.05) is 5.32 Å². The summed E-state index contributed by atoms with van der Waals surface area (Å²) in [5.74, 6) is -1.62. The van der Waals surface area contributed by atoms with Crippen LogP contribution in [0.15, 0.2) is 30.6 Å². The summed E-state index contributed by atoms with van der Waals surface area (Å²) < 4.78 is 53.9. The van der Waals surface area contributed by atoms with Crippen molar-refractivity contribution in [3.8, 4) is 0 Å². The van der Waals surface area contributed by atoms with Crippen LogP contribution in [0.5, 0.6) is 0 Å². The van der Waals surface area contributed by atoms with Crippen molar-refractivity contribution >= 4 is 23.5 Å². The molecule has 0 aliphatic carbocycles. The Hall–Kier alpha value is -2.95. The topological polar surface area (TPSA) is 77.6 Å². The fraction of sp³-hybridized carbons (Fsp3) is 0.200. The van der Waals surface area contributed by atoms with Crippen molar-refractivity contribution in [3.63, 3.8) is 0 Å². The van der Waals surface area contributed by atoms with Gasteiger partial charge in [-0.05, 0) is 12.1 Å². The van der Waals surface area contributed by atoms with Crippen molar-refractivity contribution in [2.45, 2.75) is 12.7 Å². The highest BCUT2D eigenvalue weighted by Gasteiger charge is 2.35. The SMILES string of the molecule is Cn1nc(C(=O)Nc2ncn(Cc3c(F)cccc3Cl)n2)cc1C(F)(F)F. The van der Waals surface area contributed by atoms with Gasteiger partial charge >= 0.3 is 6.18 Å². The van der Waals surface area contributed by atoms with Crippen LogP contribution in [0.3, 0.4) is 0 Å². The second-order valence-corrected chi connectivity index (χ2v) is 5.86. The lowest BCUT2D eigenvalue weighted by Crippen LogP contribution is -2.14. The van der Waals surface area contributed by atoms with E-state index in [1.165, 1.54) is 29.2 Å². The van der Waals surface area contributed by atoms with Crippen LogP contribution in [0.25, 0.3) is 0 Å². The molecule has 0 atom stereocenters. The highest BCUT2D eigenvalue weighted by molar-refractivity contribution is 6.31. The van der Waals surface area contributed by atoms with E-state index in [1.807, 2.05) is 0 Å². The Morgan fingerprint density at radius 3 is 2.67 bits per heavy atom. The number of hydrogen-bond acceptors (Lipinski definition) is 4. The summed E-state index contributed by atoms with van der Waals surface area (Å²) in [6, 6.07) is 4.82. The molecule has 7 nitrogen and oxygen atoms in total. The predicted molar refractivity (Wildman–Crippen MR) is 86.7 cm³/mol. The maximum Gasteiger partial charge on any atom is 0.433 e. The summed E-state index contributed by atoms with van der Waals surface area (Å²) in [7, 11) is 1.07. The predicted octanol–water partition coefficient (Wildman–Crippen LogP) is 3.12. The molecule has 12 heteroatoms. The number of aryl methyl sites for hydroxylation is 1. The van der Waals surface area contributed by atoms with Gasteiger partial charge in [0, 0.05) is 23.7 Å². The number of hydrogen-bond donors (Lipinski definition) is 1. The van der Waals surface area contributed by atoms with Crippen LogP contribution in [0, 0.1) is 5.82 Å². The molecule has 1 aromatic carbocycles. The molecular weight excluding hydrogens is 392 g/mol. The Kier molecular flexibility index (Phi) is 4.87. The lowest BCUT2D eigenvalue weighted by Gasteiger charge is -2.05. The molecule has 0 aliphatic heterocycles. The first-order valence-corrected chi connectivity index (χ1v) is 7.78. The molecule has 0 unspecified atom stereocenters. The third kappa shape index (κ3) is 4.08. The molecular formula is C15H11ClF4N6O. The average Bonchev–Trinajstić information content (AvgIpc) is 3.17. The minimum atomic E-state index is -4.64. The highest BCUT2D eigenvalue weighted by Crippen LogP contribution is 2.29. The van der Waals surface area contributed by atoms with Crippen molar-refractivity contribution in [1.29, 1.82) is 0 Å². The van der Waals surface area contributed by atoms with Crippen LogP contribution >= 0.6 is 11.6 Å². The van der Waals surface area contributed by atoms with Crippen LogP contribution in [-0.4, -0.2) is 30.5 Å². The van der Waals surface area contributed by atoms with E-state index in [0.29, 0.717) is 10.7 Å². The van der Waals surface area contributed by atoms with Gasteiger partial charge in [-0.2, -0.15) is 18.3 Å². The number of benzene rings is 1. The molecule has 0 radical (unpaired) electrons. The van der Waals surface area contributed by atoms with Crippen molar-refractivity contribution < 1.29 is 22.4 Å². The monoisotopic (exact) mass is 402 g/mol. The van der Waals surface area contributed by atoms with Crippen LogP contribution < -0.4 is 5.32 Å². The molecule has 142 valence electrons. The largest absolute Gasteiger partial charge is 0.433 e. The summed E-state index contributed by atoms with van der Waals surface area (Å²) in [6.07, 6.45) is -3.42. The van der Waals surface area contributed by atoms with E-state index in [0.717, 1.165) is 7.05 Å². The van der Waals surface area contributed by atoms with Gasteiger partial charge in [0.15, 0.2) is 5.69 Å². The number of amides is 1. The minimum Gasteiger partial charge on any atom is -0.288 e. The van der Waals surface area contributed by atoms with Crippen LogP contribution in [0.2, 0.25) is 5.02 Å². The second-order valence-electron chi connectivity index (χ2n) is 5.46. The standard InChI is InChI=1S/C15H11ClF4N6O/c1-25-12(15(18,19)20)5-11(23-25)13(27)22-14-21-7-26(24-14)6-8-9(16)3-2-4-10(8)17/h2-5,7H,6H2,1H3,(H,22,24,27). The Labute approximate surface area is 154 Å². The number of aromatic nitrogens is 5. The minimum absolute atomic E-state index is 0.0455. The summed E-state index contributed by atoms with van der Waals surface area (Å²) in [4.78, 5) is 15.9. The quantitative estimate of drug-likeness (QED) is 0.680. The zero-order chi connectivity index (χ0) is 19.8. The number of rotatable bonds is 4. The average molecular weight is 403 g/mol. The number of alkyl halides is 3. The first-order valence-electron chi connectivity index (χ1n) is 7.40. The smallest absolute Gasteiger partial charge is 0.288 e. The van der Waals surface area contributed by atoms with Gasteiger partial charge in [0.25, 0.3) is 5.91 Å². The summed E-state index contributed by atoms with van der Waals surface area (Å²) in [5.41, 5.74) is -1.33. The molecule has 0 fully saturated rings. The van der Waals surface area contributed by atoms with Gasteiger partial charge in [-0.1, -0.05) is 17.7 Å². The van der Waals surface area contributed by atoms with E-state index in [-0.39, 0.29) is 23.1 Å². The van der Waals surface area contributed by atoms with Crippen molar-refractivity contribution in [2.24, 2.45) is 7.05 Å². The van der Waals surface area contributed by atoms with E-state index >= 15 is 0 Å². The lowest BCUT2D eigenvalue weighted by atomic mass is 10.2. The Balaban J connectivity index is 1.73. The summed E-state index contributed by atoms with van der Waals surface area (Å²) in [6.45, 7) is -0.0455. The number of halogens is 5. The van der Waals surface area contributed by atoms with E-state index in [1.54, 1.807) is 0 Å². The zero-order valence-electron chi connectivity index (χ0n) is 13.6. The number of nitrogens with one attached hydrogen (secondary N) is 1. The second kappa shape index (κ2) is 6.99. The van der Waals surface area contributed by atoms with E-state index in [2.05, 4.69) is 20.5 Å². The van der Waals surface area contributed by atoms with Crippen LogP contribution in [-0.2, 0) is 19.8 Å². The molecule has 0 saturated carbocycles. The fourth-order valence-electron chi connectivity index (χ4n) is 2.28. The highest BCUT2D eigenvalue weighted by atomic mass is 35.5. The molecule has 27 heavy (non-hydrogen) atoms. The first kappa shape index (κ1) is 18.8. The summed E-state index contributed by atoms with van der Waals surface area (Å²) in [5, 5.41) is 9.88. The number of carbonyl (C=O) groups excluding carboxylic acids is 1. The molecule has 1 N–H and O–H groups in total. The molecule has 3 rings (SSSR count). The van der Waals surface area contributed by atoms with Gasteiger partial charge in [0.05, 0.1) is 6.54 Å². The third-order valence-corrected chi connectivity index (χ3v) is 3.90. The van der Waals surface area contributed by atoms with E-state index < -0.39 is 29.3 Å². The summed E-state index contributed by atoms with van der Waals surface area (Å²) >= 11 is 5.93. The zero-order valence-corrected chi connectivity index (χ0v) is 14.4. The molecule has 3 aromatic rings. The number of carbonyl (C=O) groups is 1. The van der Waals surface area contributed by atoms with Gasteiger partial charge in [-0.3, -0.25) is 14.8 Å². The third-order valence-electron chi connectivity index (χ3n) is 3.55. The van der Waals surface area contributed by atoms with E-state index in [4.69, 9.17) is 11.6 Å².